The van der Waals surface area contributed by atoms with Crippen molar-refractivity contribution < 1.29 is 13.9 Å². The SMILES string of the molecule is CCOC1CC(N)(C(=O)NCc2cc(F)ccc2Br)C1(C)C.Cl. The van der Waals surface area contributed by atoms with E-state index in [4.69, 9.17) is 10.5 Å². The summed E-state index contributed by atoms with van der Waals surface area (Å²) in [5.74, 6) is -0.570. The Morgan fingerprint density at radius 3 is 2.74 bits per heavy atom. The zero-order valence-electron chi connectivity index (χ0n) is 13.5. The van der Waals surface area contributed by atoms with Gasteiger partial charge in [-0.15, -0.1) is 12.4 Å². The van der Waals surface area contributed by atoms with E-state index in [1.807, 2.05) is 20.8 Å². The van der Waals surface area contributed by atoms with E-state index >= 15 is 0 Å². The molecule has 1 aliphatic carbocycles. The summed E-state index contributed by atoms with van der Waals surface area (Å²) in [5.41, 5.74) is 5.57. The van der Waals surface area contributed by atoms with Gasteiger partial charge in [0.05, 0.1) is 6.10 Å². The van der Waals surface area contributed by atoms with Gasteiger partial charge in [0.1, 0.15) is 11.4 Å². The van der Waals surface area contributed by atoms with Crippen molar-refractivity contribution in [1.82, 2.24) is 5.32 Å². The predicted octanol–water partition coefficient (Wildman–Crippen LogP) is 3.16. The molecule has 0 aromatic heterocycles. The molecule has 2 unspecified atom stereocenters. The molecule has 130 valence electrons. The summed E-state index contributed by atoms with van der Waals surface area (Å²) in [5, 5.41) is 2.81. The molecule has 7 heteroatoms. The summed E-state index contributed by atoms with van der Waals surface area (Å²) < 4.78 is 19.6. The van der Waals surface area contributed by atoms with Gasteiger partial charge in [-0.1, -0.05) is 29.8 Å². The van der Waals surface area contributed by atoms with Crippen LogP contribution in [0.2, 0.25) is 0 Å². The minimum atomic E-state index is -0.966. The van der Waals surface area contributed by atoms with Crippen LogP contribution in [0.3, 0.4) is 0 Å². The van der Waals surface area contributed by atoms with E-state index < -0.39 is 11.0 Å². The lowest BCUT2D eigenvalue weighted by molar-refractivity contribution is -0.170. The third-order valence-corrected chi connectivity index (χ3v) is 5.46. The molecule has 2 rings (SSSR count). The van der Waals surface area contributed by atoms with Crippen LogP contribution in [0, 0.1) is 11.2 Å². The first-order valence-electron chi connectivity index (χ1n) is 7.35. The quantitative estimate of drug-likeness (QED) is 0.785. The van der Waals surface area contributed by atoms with E-state index in [0.29, 0.717) is 18.6 Å². The molecular formula is C16H23BrClFN2O2. The summed E-state index contributed by atoms with van der Waals surface area (Å²) in [7, 11) is 0. The lowest BCUT2D eigenvalue weighted by Crippen LogP contribution is -2.75. The Bertz CT molecular complexity index is 585. The van der Waals surface area contributed by atoms with Gasteiger partial charge in [0.2, 0.25) is 5.91 Å². The van der Waals surface area contributed by atoms with E-state index in [9.17, 15) is 9.18 Å². The van der Waals surface area contributed by atoms with Crippen molar-refractivity contribution in [2.75, 3.05) is 6.61 Å². The van der Waals surface area contributed by atoms with E-state index in [1.165, 1.54) is 12.1 Å². The van der Waals surface area contributed by atoms with Crippen LogP contribution >= 0.6 is 28.3 Å². The average Bonchev–Trinajstić information content (AvgIpc) is 2.47. The molecule has 1 fully saturated rings. The van der Waals surface area contributed by atoms with Gasteiger partial charge in [-0.25, -0.2) is 4.39 Å². The molecule has 0 spiro atoms. The highest BCUT2D eigenvalue weighted by atomic mass is 79.9. The maximum Gasteiger partial charge on any atom is 0.241 e. The summed E-state index contributed by atoms with van der Waals surface area (Å²) in [4.78, 5) is 12.5. The second-order valence-electron chi connectivity index (χ2n) is 6.26. The Hall–Kier alpha value is -0.690. The molecule has 0 aliphatic heterocycles. The number of carbonyl (C=O) groups excluding carboxylic acids is 1. The van der Waals surface area contributed by atoms with Crippen molar-refractivity contribution in [2.24, 2.45) is 11.1 Å². The first kappa shape index (κ1) is 20.4. The molecule has 1 aliphatic rings. The number of benzene rings is 1. The Morgan fingerprint density at radius 1 is 1.52 bits per heavy atom. The normalized spacial score (nSPS) is 25.2. The number of nitrogens with one attached hydrogen (secondary N) is 1. The first-order valence-corrected chi connectivity index (χ1v) is 8.14. The summed E-state index contributed by atoms with van der Waals surface area (Å²) in [6.07, 6.45) is 0.471. The maximum atomic E-state index is 13.3. The van der Waals surface area contributed by atoms with Gasteiger partial charge in [-0.05, 0) is 30.7 Å². The molecule has 0 bridgehead atoms. The molecule has 1 aromatic carbocycles. The number of hydrogen-bond donors (Lipinski definition) is 2. The molecule has 4 nitrogen and oxygen atoms in total. The molecule has 2 atom stereocenters. The zero-order chi connectivity index (χ0) is 16.5. The highest BCUT2D eigenvalue weighted by molar-refractivity contribution is 9.10. The number of rotatable bonds is 5. The highest BCUT2D eigenvalue weighted by Crippen LogP contribution is 2.49. The average molecular weight is 410 g/mol. The number of carbonyl (C=O) groups is 1. The van der Waals surface area contributed by atoms with Gasteiger partial charge in [0.25, 0.3) is 0 Å². The standard InChI is InChI=1S/C16H22BrFN2O2.ClH/c1-4-22-13-8-16(19,15(13,2)3)14(21)20-9-10-7-11(18)5-6-12(10)17;/h5-7,13H,4,8-9,19H2,1-3H3,(H,20,21);1H. The van der Waals surface area contributed by atoms with Crippen molar-refractivity contribution in [3.05, 3.63) is 34.1 Å². The van der Waals surface area contributed by atoms with E-state index in [1.54, 1.807) is 6.07 Å². The van der Waals surface area contributed by atoms with Crippen molar-refractivity contribution in [2.45, 2.75) is 45.4 Å². The second-order valence-corrected chi connectivity index (χ2v) is 7.11. The fourth-order valence-corrected chi connectivity index (χ4v) is 3.22. The summed E-state index contributed by atoms with van der Waals surface area (Å²) in [6, 6.07) is 4.37. The van der Waals surface area contributed by atoms with Crippen LogP contribution in [0.1, 0.15) is 32.8 Å². The van der Waals surface area contributed by atoms with Crippen molar-refractivity contribution in [1.29, 1.82) is 0 Å². The van der Waals surface area contributed by atoms with Crippen molar-refractivity contribution in [3.63, 3.8) is 0 Å². The van der Waals surface area contributed by atoms with Gasteiger partial charge in [-0.3, -0.25) is 4.79 Å². The molecule has 1 amide bonds. The number of nitrogens with two attached hydrogens (primary N) is 1. The van der Waals surface area contributed by atoms with Crippen LogP contribution in [0.25, 0.3) is 0 Å². The van der Waals surface area contributed by atoms with Crippen LogP contribution in [0.15, 0.2) is 22.7 Å². The summed E-state index contributed by atoms with van der Waals surface area (Å²) in [6.45, 7) is 6.63. The Kier molecular flexibility index (Phi) is 6.61. The molecule has 23 heavy (non-hydrogen) atoms. The van der Waals surface area contributed by atoms with Gasteiger partial charge in [-0.2, -0.15) is 0 Å². The van der Waals surface area contributed by atoms with Crippen molar-refractivity contribution in [3.8, 4) is 0 Å². The number of hydrogen-bond acceptors (Lipinski definition) is 3. The molecule has 0 heterocycles. The topological polar surface area (TPSA) is 64.3 Å². The molecule has 0 saturated heterocycles. The lowest BCUT2D eigenvalue weighted by atomic mass is 9.54. The Labute approximate surface area is 150 Å². The number of amides is 1. The molecule has 1 aromatic rings. The van der Waals surface area contributed by atoms with E-state index in [-0.39, 0.29) is 36.8 Å². The lowest BCUT2D eigenvalue weighted by Gasteiger charge is -2.57. The molecule has 3 N–H and O–H groups in total. The van der Waals surface area contributed by atoms with Crippen LogP contribution in [0.4, 0.5) is 4.39 Å². The molecule has 0 radical (unpaired) electrons. The van der Waals surface area contributed by atoms with Crippen LogP contribution < -0.4 is 11.1 Å². The van der Waals surface area contributed by atoms with Crippen LogP contribution in [0.5, 0.6) is 0 Å². The molecular weight excluding hydrogens is 387 g/mol. The fourth-order valence-electron chi connectivity index (χ4n) is 2.83. The maximum absolute atomic E-state index is 13.3. The van der Waals surface area contributed by atoms with Crippen molar-refractivity contribution >= 4 is 34.2 Å². The van der Waals surface area contributed by atoms with Gasteiger partial charge in [0, 0.05) is 29.5 Å². The largest absolute Gasteiger partial charge is 0.378 e. The van der Waals surface area contributed by atoms with E-state index in [2.05, 4.69) is 21.2 Å². The smallest absolute Gasteiger partial charge is 0.241 e. The first-order chi connectivity index (χ1) is 10.2. The van der Waals surface area contributed by atoms with Gasteiger partial charge < -0.3 is 15.8 Å². The molecule has 1 saturated carbocycles. The minimum absolute atomic E-state index is 0. The fraction of sp³-hybridized carbons (Fsp3) is 0.562. The highest BCUT2D eigenvalue weighted by Gasteiger charge is 2.62. The Balaban J connectivity index is 0.00000264. The third kappa shape index (κ3) is 3.71. The van der Waals surface area contributed by atoms with Gasteiger partial charge in [0.15, 0.2) is 0 Å². The number of ether oxygens (including phenoxy) is 1. The zero-order valence-corrected chi connectivity index (χ0v) is 15.9. The number of halogens is 3. The van der Waals surface area contributed by atoms with E-state index in [0.717, 1.165) is 4.47 Å². The van der Waals surface area contributed by atoms with Crippen LogP contribution in [-0.4, -0.2) is 24.2 Å². The van der Waals surface area contributed by atoms with Crippen LogP contribution in [-0.2, 0) is 16.1 Å². The predicted molar refractivity (Wildman–Crippen MR) is 93.9 cm³/mol. The second kappa shape index (κ2) is 7.47. The van der Waals surface area contributed by atoms with Gasteiger partial charge >= 0.3 is 0 Å². The Morgan fingerprint density at radius 2 is 2.17 bits per heavy atom. The monoisotopic (exact) mass is 408 g/mol. The minimum Gasteiger partial charge on any atom is -0.378 e. The summed E-state index contributed by atoms with van der Waals surface area (Å²) >= 11 is 3.35. The third-order valence-electron chi connectivity index (χ3n) is 4.68.